The molecule has 1 aromatic carbocycles. The Labute approximate surface area is 208 Å². The number of benzene rings is 1. The fourth-order valence-corrected chi connectivity index (χ4v) is 6.89. The Bertz CT molecular complexity index is 1430. The summed E-state index contributed by atoms with van der Waals surface area (Å²) >= 11 is 4.29. The Morgan fingerprint density at radius 1 is 1.21 bits per heavy atom. The Morgan fingerprint density at radius 3 is 2.71 bits per heavy atom. The van der Waals surface area contributed by atoms with Gasteiger partial charge in [0.15, 0.2) is 5.69 Å². The molecule has 1 aliphatic rings. The second-order valence-corrected chi connectivity index (χ2v) is 11.2. The van der Waals surface area contributed by atoms with Crippen LogP contribution in [0, 0.1) is 18.8 Å². The Morgan fingerprint density at radius 2 is 2.00 bits per heavy atom. The molecule has 3 heterocycles. The first kappa shape index (κ1) is 22.6. The van der Waals surface area contributed by atoms with Crippen LogP contribution in [0.25, 0.3) is 9.40 Å². The van der Waals surface area contributed by atoms with Gasteiger partial charge in [0.1, 0.15) is 11.5 Å². The van der Waals surface area contributed by atoms with Crippen LogP contribution in [-0.2, 0) is 14.9 Å². The summed E-state index contributed by atoms with van der Waals surface area (Å²) in [7, 11) is 0. The molecule has 34 heavy (non-hydrogen) atoms. The van der Waals surface area contributed by atoms with Crippen molar-refractivity contribution in [3.63, 3.8) is 0 Å². The summed E-state index contributed by atoms with van der Waals surface area (Å²) in [4.78, 5) is 25.8. The van der Waals surface area contributed by atoms with Crippen LogP contribution in [0.2, 0.25) is 0 Å². The molecule has 4 aromatic rings. The van der Waals surface area contributed by atoms with E-state index in [0.717, 1.165) is 30.3 Å². The summed E-state index contributed by atoms with van der Waals surface area (Å²) in [5.74, 6) is 5.41. The lowest BCUT2D eigenvalue weighted by Gasteiger charge is -2.15. The number of hydrogen-bond donors (Lipinski definition) is 2. The minimum atomic E-state index is -0.739. The van der Waals surface area contributed by atoms with Gasteiger partial charge in [0.25, 0.3) is 0 Å². The van der Waals surface area contributed by atoms with Crippen LogP contribution in [0.3, 0.4) is 0 Å². The van der Waals surface area contributed by atoms with Gasteiger partial charge >= 0.3 is 12.1 Å². The molecule has 1 saturated carbocycles. The van der Waals surface area contributed by atoms with Crippen molar-refractivity contribution >= 4 is 61.4 Å². The van der Waals surface area contributed by atoms with E-state index in [1.54, 1.807) is 5.38 Å². The lowest BCUT2D eigenvalue weighted by Crippen LogP contribution is -2.17. The fraction of sp³-hybridized carbons (Fsp3) is 0.240. The first-order valence-electron chi connectivity index (χ1n) is 10.6. The number of carbonyl (C=O) groups excluding carboxylic acids is 1. The summed E-state index contributed by atoms with van der Waals surface area (Å²) in [5, 5.41) is 15.0. The van der Waals surface area contributed by atoms with E-state index in [9.17, 15) is 14.7 Å². The van der Waals surface area contributed by atoms with Crippen molar-refractivity contribution in [2.75, 3.05) is 5.32 Å². The molecule has 1 aliphatic carbocycles. The van der Waals surface area contributed by atoms with Crippen LogP contribution in [0.1, 0.15) is 52.4 Å². The van der Waals surface area contributed by atoms with Gasteiger partial charge in [-0.2, -0.15) is 4.37 Å². The third kappa shape index (κ3) is 4.32. The van der Waals surface area contributed by atoms with Crippen LogP contribution < -0.4 is 5.32 Å². The van der Waals surface area contributed by atoms with E-state index in [0.29, 0.717) is 24.2 Å². The molecule has 0 spiro atoms. The third-order valence-electron chi connectivity index (χ3n) is 5.87. The molecule has 1 atom stereocenters. The molecule has 0 aliphatic heterocycles. The largest absolute Gasteiger partial charge is 0.481 e. The van der Waals surface area contributed by atoms with Gasteiger partial charge in [0.2, 0.25) is 0 Å². The van der Waals surface area contributed by atoms with Gasteiger partial charge in [0, 0.05) is 15.6 Å². The summed E-state index contributed by atoms with van der Waals surface area (Å²) in [6.45, 7) is 3.82. The number of aliphatic carboxylic acids is 1. The number of nitrogens with zero attached hydrogens (tertiary/aromatic N) is 1. The number of carbonyl (C=O) groups is 2. The molecule has 0 bridgehead atoms. The molecule has 3 aromatic heterocycles. The molecule has 1 amide bonds. The van der Waals surface area contributed by atoms with Crippen molar-refractivity contribution in [3.05, 3.63) is 68.4 Å². The smallest absolute Gasteiger partial charge is 0.412 e. The number of carboxylic acids is 1. The van der Waals surface area contributed by atoms with Gasteiger partial charge in [-0.1, -0.05) is 24.3 Å². The lowest BCUT2D eigenvalue weighted by atomic mass is 10.1. The van der Waals surface area contributed by atoms with Gasteiger partial charge in [0.05, 0.1) is 14.6 Å². The molecular formula is C25H20N2O4S3. The molecule has 1 unspecified atom stereocenters. The highest BCUT2D eigenvalue weighted by Gasteiger charge is 2.53. The Balaban J connectivity index is 1.27. The number of amides is 1. The average molecular weight is 509 g/mol. The predicted molar refractivity (Wildman–Crippen MR) is 136 cm³/mol. The number of nitrogens with one attached hydrogen (secondary N) is 1. The van der Waals surface area contributed by atoms with E-state index >= 15 is 0 Å². The zero-order valence-electron chi connectivity index (χ0n) is 18.4. The molecule has 2 N–H and O–H groups in total. The van der Waals surface area contributed by atoms with Crippen molar-refractivity contribution in [3.8, 4) is 11.8 Å². The van der Waals surface area contributed by atoms with Crippen LogP contribution >= 0.6 is 34.2 Å². The number of hydrogen-bond acceptors (Lipinski definition) is 7. The van der Waals surface area contributed by atoms with E-state index in [1.165, 1.54) is 34.2 Å². The first-order valence-corrected chi connectivity index (χ1v) is 13.1. The second kappa shape index (κ2) is 8.87. The summed E-state index contributed by atoms with van der Waals surface area (Å²) in [6.07, 6.45) is 0.459. The fourth-order valence-electron chi connectivity index (χ4n) is 3.77. The topological polar surface area (TPSA) is 88.5 Å². The van der Waals surface area contributed by atoms with E-state index in [1.807, 2.05) is 50.2 Å². The zero-order chi connectivity index (χ0) is 23.9. The van der Waals surface area contributed by atoms with Crippen molar-refractivity contribution in [2.45, 2.75) is 38.2 Å². The van der Waals surface area contributed by atoms with E-state index in [-0.39, 0.29) is 6.10 Å². The lowest BCUT2D eigenvalue weighted by molar-refractivity contribution is -0.139. The average Bonchev–Trinajstić information content (AvgIpc) is 3.12. The van der Waals surface area contributed by atoms with Crippen LogP contribution in [-0.4, -0.2) is 21.5 Å². The van der Waals surface area contributed by atoms with E-state index in [2.05, 4.69) is 21.5 Å². The predicted octanol–water partition coefficient (Wildman–Crippen LogP) is 6.55. The molecule has 9 heteroatoms. The molecule has 172 valence electrons. The minimum absolute atomic E-state index is 0.387. The van der Waals surface area contributed by atoms with E-state index < -0.39 is 17.5 Å². The normalized spacial score (nSPS) is 14.8. The van der Waals surface area contributed by atoms with Gasteiger partial charge < -0.3 is 9.84 Å². The SMILES string of the molecule is Cc1ccccc1C(C)OC(=O)Nc1csnc1C#Cc1cc2cc(C3(C(=O)O)CC3)sc2s1. The third-order valence-corrected chi connectivity index (χ3v) is 9.01. The number of ether oxygens (including phenoxy) is 1. The zero-order valence-corrected chi connectivity index (χ0v) is 20.8. The van der Waals surface area contributed by atoms with Gasteiger partial charge in [-0.15, -0.1) is 22.7 Å². The maximum atomic E-state index is 12.4. The number of anilines is 1. The minimum Gasteiger partial charge on any atom is -0.481 e. The number of rotatable bonds is 5. The van der Waals surface area contributed by atoms with Gasteiger partial charge in [-0.05, 0) is 73.3 Å². The Kier molecular flexibility index (Phi) is 5.90. The van der Waals surface area contributed by atoms with Gasteiger partial charge in [-0.25, -0.2) is 4.79 Å². The number of fused-ring (bicyclic) bond motifs is 1. The van der Waals surface area contributed by atoms with Crippen LogP contribution in [0.15, 0.2) is 41.8 Å². The monoisotopic (exact) mass is 508 g/mol. The van der Waals surface area contributed by atoms with Crippen molar-refractivity contribution in [1.29, 1.82) is 0 Å². The summed E-state index contributed by atoms with van der Waals surface area (Å²) < 4.78 is 10.9. The van der Waals surface area contributed by atoms with Crippen molar-refractivity contribution < 1.29 is 19.4 Å². The molecule has 5 rings (SSSR count). The maximum Gasteiger partial charge on any atom is 0.412 e. The number of thiophene rings is 2. The standard InChI is InChI=1S/C25H20N2O4S3/c1-14-5-3-4-6-18(14)15(2)31-24(30)26-20-13-32-27-19(20)8-7-17-11-16-12-21(34-22(16)33-17)25(9-10-25)23(28)29/h3-6,11-13,15H,9-10H2,1-2H3,(H,26,30)(H,28,29). The van der Waals surface area contributed by atoms with E-state index in [4.69, 9.17) is 4.74 Å². The quantitative estimate of drug-likeness (QED) is 0.298. The highest BCUT2D eigenvalue weighted by Crippen LogP contribution is 2.52. The molecule has 1 fully saturated rings. The van der Waals surface area contributed by atoms with Crippen molar-refractivity contribution in [1.82, 2.24) is 4.37 Å². The summed E-state index contributed by atoms with van der Waals surface area (Å²) in [6, 6.07) is 11.7. The van der Waals surface area contributed by atoms with Crippen LogP contribution in [0.5, 0.6) is 0 Å². The van der Waals surface area contributed by atoms with Crippen molar-refractivity contribution in [2.24, 2.45) is 0 Å². The molecular weight excluding hydrogens is 488 g/mol. The summed E-state index contributed by atoms with van der Waals surface area (Å²) in [5.41, 5.74) is 2.33. The Hall–Kier alpha value is -3.19. The first-order chi connectivity index (χ1) is 16.4. The van der Waals surface area contributed by atoms with Gasteiger partial charge in [-0.3, -0.25) is 10.1 Å². The highest BCUT2D eigenvalue weighted by molar-refractivity contribution is 7.38. The molecule has 0 saturated heterocycles. The van der Waals surface area contributed by atoms with Crippen LogP contribution in [0.4, 0.5) is 10.5 Å². The molecule has 0 radical (unpaired) electrons. The molecule has 6 nitrogen and oxygen atoms in total. The number of aromatic nitrogens is 1. The highest BCUT2D eigenvalue weighted by atomic mass is 32.2. The number of carboxylic acid groups (broad SMARTS) is 1. The number of aryl methyl sites for hydroxylation is 1. The second-order valence-electron chi connectivity index (χ2n) is 8.21. The maximum absolute atomic E-state index is 12.4.